The normalized spacial score (nSPS) is 31.7. The first-order valence-electron chi connectivity index (χ1n) is 6.26. The minimum atomic E-state index is 0.715. The van der Waals surface area contributed by atoms with Crippen LogP contribution in [0.25, 0.3) is 0 Å². The Labute approximate surface area is 97.0 Å². The lowest BCUT2D eigenvalue weighted by Crippen LogP contribution is -2.25. The van der Waals surface area contributed by atoms with Gasteiger partial charge in [0.25, 0.3) is 0 Å². The third kappa shape index (κ3) is 1.77. The van der Waals surface area contributed by atoms with Crippen LogP contribution >= 0.6 is 0 Å². The van der Waals surface area contributed by atoms with Crippen molar-refractivity contribution in [2.75, 3.05) is 12.4 Å². The molecule has 1 aromatic carbocycles. The molecule has 2 bridgehead atoms. The van der Waals surface area contributed by atoms with Gasteiger partial charge in [0.15, 0.2) is 0 Å². The molecule has 1 N–H and O–H groups in total. The lowest BCUT2D eigenvalue weighted by atomic mass is 9.95. The van der Waals surface area contributed by atoms with Crippen LogP contribution in [0.15, 0.2) is 24.3 Å². The first-order valence-corrected chi connectivity index (χ1v) is 6.26. The quantitative estimate of drug-likeness (QED) is 0.838. The second-order valence-corrected chi connectivity index (χ2v) is 5.15. The van der Waals surface area contributed by atoms with E-state index in [4.69, 9.17) is 4.74 Å². The van der Waals surface area contributed by atoms with Crippen molar-refractivity contribution in [1.82, 2.24) is 0 Å². The fraction of sp³-hybridized carbons (Fsp3) is 0.571. The topological polar surface area (TPSA) is 21.3 Å². The predicted molar refractivity (Wildman–Crippen MR) is 65.9 cm³/mol. The van der Waals surface area contributed by atoms with E-state index in [-0.39, 0.29) is 0 Å². The number of nitrogens with one attached hydrogen (secondary N) is 1. The summed E-state index contributed by atoms with van der Waals surface area (Å²) < 4.78 is 5.16. The van der Waals surface area contributed by atoms with Gasteiger partial charge in [-0.1, -0.05) is 6.42 Å². The van der Waals surface area contributed by atoms with Crippen LogP contribution < -0.4 is 10.1 Å². The van der Waals surface area contributed by atoms with Gasteiger partial charge >= 0.3 is 0 Å². The second-order valence-electron chi connectivity index (χ2n) is 5.15. The Bertz CT molecular complexity index is 360. The van der Waals surface area contributed by atoms with E-state index in [1.165, 1.54) is 31.4 Å². The molecule has 0 radical (unpaired) electrons. The smallest absolute Gasteiger partial charge is 0.119 e. The molecule has 0 unspecified atom stereocenters. The molecule has 2 saturated carbocycles. The number of hydrogen-bond donors (Lipinski definition) is 1. The Morgan fingerprint density at radius 1 is 1.12 bits per heavy atom. The monoisotopic (exact) mass is 217 g/mol. The van der Waals surface area contributed by atoms with Crippen LogP contribution in [-0.2, 0) is 0 Å². The van der Waals surface area contributed by atoms with E-state index >= 15 is 0 Å². The summed E-state index contributed by atoms with van der Waals surface area (Å²) >= 11 is 0. The number of anilines is 1. The van der Waals surface area contributed by atoms with Gasteiger partial charge in [0.05, 0.1) is 7.11 Å². The minimum Gasteiger partial charge on any atom is -0.497 e. The van der Waals surface area contributed by atoms with Crippen LogP contribution in [0.2, 0.25) is 0 Å². The maximum absolute atomic E-state index is 5.16. The zero-order chi connectivity index (χ0) is 11.0. The fourth-order valence-corrected chi connectivity index (χ4v) is 3.32. The summed E-state index contributed by atoms with van der Waals surface area (Å²) in [5, 5.41) is 3.67. The highest BCUT2D eigenvalue weighted by Gasteiger charge is 2.39. The Morgan fingerprint density at radius 2 is 1.94 bits per heavy atom. The highest BCUT2D eigenvalue weighted by molar-refractivity contribution is 5.47. The van der Waals surface area contributed by atoms with Gasteiger partial charge in [-0.15, -0.1) is 0 Å². The standard InChI is InChI=1S/C14H19NO/c1-16-13-6-4-12(5-7-13)15-14-9-10-2-3-11(14)8-10/h4-7,10-11,14-15H,2-3,8-9H2,1H3/t10-,11+,14+/m1/s1. The molecule has 16 heavy (non-hydrogen) atoms. The van der Waals surface area contributed by atoms with Crippen molar-refractivity contribution >= 4 is 5.69 Å². The Morgan fingerprint density at radius 3 is 2.50 bits per heavy atom. The van der Waals surface area contributed by atoms with Gasteiger partial charge in [0, 0.05) is 11.7 Å². The van der Waals surface area contributed by atoms with Crippen molar-refractivity contribution in [2.24, 2.45) is 11.8 Å². The van der Waals surface area contributed by atoms with E-state index in [0.29, 0.717) is 6.04 Å². The van der Waals surface area contributed by atoms with Gasteiger partial charge in [-0.25, -0.2) is 0 Å². The van der Waals surface area contributed by atoms with Gasteiger partial charge in [-0.05, 0) is 55.4 Å². The first-order chi connectivity index (χ1) is 7.85. The van der Waals surface area contributed by atoms with E-state index in [0.717, 1.165) is 17.6 Å². The molecule has 2 heteroatoms. The lowest BCUT2D eigenvalue weighted by Gasteiger charge is -2.24. The fourth-order valence-electron chi connectivity index (χ4n) is 3.32. The van der Waals surface area contributed by atoms with E-state index in [9.17, 15) is 0 Å². The van der Waals surface area contributed by atoms with Gasteiger partial charge in [0.1, 0.15) is 5.75 Å². The van der Waals surface area contributed by atoms with Crippen molar-refractivity contribution in [2.45, 2.75) is 31.7 Å². The predicted octanol–water partition coefficient (Wildman–Crippen LogP) is 3.30. The van der Waals surface area contributed by atoms with Crippen LogP contribution in [0, 0.1) is 11.8 Å². The lowest BCUT2D eigenvalue weighted by molar-refractivity contribution is 0.414. The molecule has 0 heterocycles. The zero-order valence-electron chi connectivity index (χ0n) is 9.78. The molecule has 0 aromatic heterocycles. The van der Waals surface area contributed by atoms with Crippen molar-refractivity contribution in [3.8, 4) is 5.75 Å². The maximum atomic E-state index is 5.16. The molecular formula is C14H19NO. The number of methoxy groups -OCH3 is 1. The summed E-state index contributed by atoms with van der Waals surface area (Å²) in [5.74, 6) is 2.85. The molecule has 2 aliphatic rings. The first kappa shape index (κ1) is 10.0. The average molecular weight is 217 g/mol. The van der Waals surface area contributed by atoms with Crippen LogP contribution in [0.5, 0.6) is 5.75 Å². The molecule has 86 valence electrons. The van der Waals surface area contributed by atoms with Crippen molar-refractivity contribution in [1.29, 1.82) is 0 Å². The Hall–Kier alpha value is -1.18. The zero-order valence-corrected chi connectivity index (χ0v) is 9.78. The van der Waals surface area contributed by atoms with Crippen LogP contribution in [0.4, 0.5) is 5.69 Å². The molecular weight excluding hydrogens is 198 g/mol. The summed E-state index contributed by atoms with van der Waals surface area (Å²) in [5.41, 5.74) is 1.23. The van der Waals surface area contributed by atoms with Gasteiger partial charge < -0.3 is 10.1 Å². The van der Waals surface area contributed by atoms with Crippen LogP contribution in [0.1, 0.15) is 25.7 Å². The van der Waals surface area contributed by atoms with Gasteiger partial charge in [0.2, 0.25) is 0 Å². The largest absolute Gasteiger partial charge is 0.497 e. The molecule has 0 aliphatic heterocycles. The van der Waals surface area contributed by atoms with Crippen LogP contribution in [-0.4, -0.2) is 13.2 Å². The van der Waals surface area contributed by atoms with E-state index in [2.05, 4.69) is 17.4 Å². The SMILES string of the molecule is COc1ccc(N[C@H]2C[C@@H]3CC[C@H]2C3)cc1. The number of fused-ring (bicyclic) bond motifs is 2. The summed E-state index contributed by atoms with van der Waals surface area (Å²) in [4.78, 5) is 0. The maximum Gasteiger partial charge on any atom is 0.119 e. The van der Waals surface area contributed by atoms with E-state index in [1.807, 2.05) is 12.1 Å². The Kier molecular flexibility index (Phi) is 2.50. The van der Waals surface area contributed by atoms with E-state index < -0.39 is 0 Å². The number of benzene rings is 1. The van der Waals surface area contributed by atoms with Gasteiger partial charge in [-0.2, -0.15) is 0 Å². The summed E-state index contributed by atoms with van der Waals surface area (Å²) in [6, 6.07) is 8.99. The second kappa shape index (κ2) is 4.00. The summed E-state index contributed by atoms with van der Waals surface area (Å²) in [6.07, 6.45) is 5.72. The molecule has 0 saturated heterocycles. The molecule has 2 fully saturated rings. The van der Waals surface area contributed by atoms with Crippen molar-refractivity contribution in [3.63, 3.8) is 0 Å². The summed E-state index contributed by atoms with van der Waals surface area (Å²) in [6.45, 7) is 0. The highest BCUT2D eigenvalue weighted by Crippen LogP contribution is 2.45. The Balaban J connectivity index is 1.65. The van der Waals surface area contributed by atoms with Crippen LogP contribution in [0.3, 0.4) is 0 Å². The van der Waals surface area contributed by atoms with Crippen molar-refractivity contribution < 1.29 is 4.74 Å². The van der Waals surface area contributed by atoms with E-state index in [1.54, 1.807) is 7.11 Å². The number of hydrogen-bond acceptors (Lipinski definition) is 2. The molecule has 1 aromatic rings. The third-order valence-electron chi connectivity index (χ3n) is 4.18. The number of rotatable bonds is 3. The molecule has 2 nitrogen and oxygen atoms in total. The molecule has 3 rings (SSSR count). The summed E-state index contributed by atoms with van der Waals surface area (Å²) in [7, 11) is 1.71. The number of ether oxygens (including phenoxy) is 1. The highest BCUT2D eigenvalue weighted by atomic mass is 16.5. The average Bonchev–Trinajstić information content (AvgIpc) is 2.92. The molecule has 3 atom stereocenters. The molecule has 0 spiro atoms. The minimum absolute atomic E-state index is 0.715. The van der Waals surface area contributed by atoms with Gasteiger partial charge in [-0.3, -0.25) is 0 Å². The third-order valence-corrected chi connectivity index (χ3v) is 4.18. The van der Waals surface area contributed by atoms with Crippen molar-refractivity contribution in [3.05, 3.63) is 24.3 Å². The molecule has 0 amide bonds. The molecule has 2 aliphatic carbocycles.